The number of carbonyl (C=O) groups excluding carboxylic acids is 1. The van der Waals surface area contributed by atoms with E-state index in [1.54, 1.807) is 0 Å². The molecule has 306 valence electrons. The van der Waals surface area contributed by atoms with Crippen LogP contribution < -0.4 is 5.32 Å². The van der Waals surface area contributed by atoms with E-state index in [1.165, 1.54) is 0 Å². The summed E-state index contributed by atoms with van der Waals surface area (Å²) in [6.45, 7) is 4.08. The second-order valence-electron chi connectivity index (χ2n) is 13.7. The summed E-state index contributed by atoms with van der Waals surface area (Å²) in [5.74, 6) is -0.0914. The molecule has 0 aliphatic carbocycles. The molecule has 1 amide bonds. The topological polar surface area (TPSA) is 69.6 Å². The average Bonchev–Trinajstić information content (AvgIpc) is 3.19. The molecule has 0 aliphatic rings. The molecule has 0 heterocycles. The average molecular weight is 754 g/mol. The van der Waals surface area contributed by atoms with Gasteiger partial charge in [0, 0.05) is 6.42 Å². The second-order valence-corrected chi connectivity index (χ2v) is 13.7. The summed E-state index contributed by atoms with van der Waals surface area (Å²) in [6.07, 6.45) is 72.6. The molecule has 2 atom stereocenters. The first-order chi connectivity index (χ1) is 27.2. The maximum Gasteiger partial charge on any atom is 0.220 e. The van der Waals surface area contributed by atoms with E-state index in [-0.39, 0.29) is 12.5 Å². The van der Waals surface area contributed by atoms with Crippen LogP contribution in [0, 0.1) is 0 Å². The molecule has 0 spiro atoms. The van der Waals surface area contributed by atoms with Crippen molar-refractivity contribution in [2.75, 3.05) is 6.61 Å². The number of unbranched alkanes of at least 4 members (excludes halogenated alkanes) is 5. The molecule has 0 radical (unpaired) electrons. The van der Waals surface area contributed by atoms with Crippen molar-refractivity contribution in [3.05, 3.63) is 146 Å². The number of amides is 1. The number of aliphatic hydroxyl groups is 2. The van der Waals surface area contributed by atoms with E-state index in [9.17, 15) is 15.0 Å². The summed E-state index contributed by atoms with van der Waals surface area (Å²) in [5, 5.41) is 22.6. The van der Waals surface area contributed by atoms with Crippen LogP contribution in [0.25, 0.3) is 0 Å². The summed E-state index contributed by atoms with van der Waals surface area (Å²) in [6, 6.07) is -0.566. The van der Waals surface area contributed by atoms with E-state index in [1.807, 2.05) is 0 Å². The molecule has 0 aromatic heterocycles. The minimum absolute atomic E-state index is 0.0914. The minimum Gasteiger partial charge on any atom is -0.394 e. The Morgan fingerprint density at radius 2 is 0.800 bits per heavy atom. The predicted octanol–water partition coefficient (Wildman–Crippen LogP) is 13.7. The number of hydrogen-bond acceptors (Lipinski definition) is 3. The number of nitrogens with one attached hydrogen (secondary N) is 1. The van der Waals surface area contributed by atoms with Gasteiger partial charge >= 0.3 is 0 Å². The molecule has 0 aliphatic heterocycles. The van der Waals surface area contributed by atoms with Crippen LogP contribution in [-0.4, -0.2) is 34.9 Å². The first-order valence-electron chi connectivity index (χ1n) is 21.5. The van der Waals surface area contributed by atoms with Crippen molar-refractivity contribution in [2.24, 2.45) is 0 Å². The van der Waals surface area contributed by atoms with Gasteiger partial charge in [0.1, 0.15) is 0 Å². The Kier molecular flexibility index (Phi) is 41.6. The van der Waals surface area contributed by atoms with Crippen molar-refractivity contribution in [1.82, 2.24) is 5.32 Å². The van der Waals surface area contributed by atoms with E-state index < -0.39 is 12.1 Å². The highest BCUT2D eigenvalue weighted by atomic mass is 16.3. The largest absolute Gasteiger partial charge is 0.394 e. The van der Waals surface area contributed by atoms with Crippen LogP contribution in [0.5, 0.6) is 0 Å². The van der Waals surface area contributed by atoms with Gasteiger partial charge < -0.3 is 15.5 Å². The van der Waals surface area contributed by atoms with Crippen LogP contribution in [-0.2, 0) is 4.79 Å². The lowest BCUT2D eigenvalue weighted by atomic mass is 10.0. The third kappa shape index (κ3) is 41.3. The van der Waals surface area contributed by atoms with Crippen molar-refractivity contribution in [3.8, 4) is 0 Å². The highest BCUT2D eigenvalue weighted by molar-refractivity contribution is 5.76. The van der Waals surface area contributed by atoms with Gasteiger partial charge in [0.25, 0.3) is 0 Å². The SMILES string of the molecule is CC/C=C\C/C=C\C/C=C\C/C=C\C/C=C\C/C=C\C/C=C\C/C=C\C/C=C\C/C=C\C/C=C\C/C=C\CCCCC(=O)NC(CO)C(O)CCCCCC. The smallest absolute Gasteiger partial charge is 0.220 e. The third-order valence-corrected chi connectivity index (χ3v) is 8.62. The zero-order chi connectivity index (χ0) is 40.0. The van der Waals surface area contributed by atoms with E-state index in [2.05, 4.69) is 165 Å². The molecule has 4 nitrogen and oxygen atoms in total. The van der Waals surface area contributed by atoms with Crippen LogP contribution >= 0.6 is 0 Å². The van der Waals surface area contributed by atoms with Crippen molar-refractivity contribution in [2.45, 2.75) is 161 Å². The third-order valence-electron chi connectivity index (χ3n) is 8.62. The zero-order valence-electron chi connectivity index (χ0n) is 34.9. The molecule has 0 saturated heterocycles. The Bertz CT molecular complexity index is 1220. The van der Waals surface area contributed by atoms with E-state index in [0.717, 1.165) is 122 Å². The first kappa shape index (κ1) is 51.3. The van der Waals surface area contributed by atoms with Crippen LogP contribution in [0.1, 0.15) is 149 Å². The molecular formula is C51H79NO3. The number of rotatable bonds is 36. The lowest BCUT2D eigenvalue weighted by Crippen LogP contribution is -2.45. The molecule has 0 rings (SSSR count). The van der Waals surface area contributed by atoms with Crippen molar-refractivity contribution in [1.29, 1.82) is 0 Å². The van der Waals surface area contributed by atoms with Gasteiger partial charge in [-0.25, -0.2) is 0 Å². The highest BCUT2D eigenvalue weighted by Crippen LogP contribution is 2.09. The Morgan fingerprint density at radius 1 is 0.455 bits per heavy atom. The number of aliphatic hydroxyl groups excluding tert-OH is 2. The monoisotopic (exact) mass is 754 g/mol. The van der Waals surface area contributed by atoms with Crippen LogP contribution in [0.3, 0.4) is 0 Å². The molecule has 0 fully saturated rings. The fourth-order valence-corrected chi connectivity index (χ4v) is 5.34. The first-order valence-corrected chi connectivity index (χ1v) is 21.5. The maximum atomic E-state index is 12.2. The van der Waals surface area contributed by atoms with Gasteiger partial charge in [-0.15, -0.1) is 0 Å². The van der Waals surface area contributed by atoms with E-state index in [0.29, 0.717) is 12.8 Å². The highest BCUT2D eigenvalue weighted by Gasteiger charge is 2.19. The standard InChI is InChI=1S/C51H79NO3/c1-3-5-7-9-10-11-12-13-14-15-16-17-18-19-20-21-22-23-24-25-26-27-28-29-30-31-32-33-34-35-36-37-38-39-40-41-42-43-45-47-51(55)52-49(48-53)50(54)46-44-8-6-4-2/h5,7,10-11,13-14,16-17,19-20,22-23,25-26,28-29,31-32,34-35,37-38,40-41,49-50,53-54H,3-4,6,8-9,12,15,18,21,24,27,30,33,36,39,42-48H2,1-2H3,(H,52,55)/b7-5-,11-10-,14-13-,17-16-,20-19-,23-22-,26-25-,29-28-,32-31-,35-34-,38-37-,41-40-. The molecule has 3 N–H and O–H groups in total. The Labute approximate surface area is 338 Å². The summed E-state index contributed by atoms with van der Waals surface area (Å²) < 4.78 is 0. The minimum atomic E-state index is -0.683. The van der Waals surface area contributed by atoms with Gasteiger partial charge in [0.2, 0.25) is 5.91 Å². The van der Waals surface area contributed by atoms with Crippen LogP contribution in [0.4, 0.5) is 0 Å². The van der Waals surface area contributed by atoms with E-state index >= 15 is 0 Å². The molecule has 0 saturated carbocycles. The normalized spacial score (nSPS) is 14.5. The molecule has 0 aromatic carbocycles. The van der Waals surface area contributed by atoms with Crippen molar-refractivity contribution < 1.29 is 15.0 Å². The van der Waals surface area contributed by atoms with Crippen molar-refractivity contribution >= 4 is 5.91 Å². The van der Waals surface area contributed by atoms with Crippen LogP contribution in [0.2, 0.25) is 0 Å². The molecular weight excluding hydrogens is 675 g/mol. The lowest BCUT2D eigenvalue weighted by molar-refractivity contribution is -0.123. The zero-order valence-corrected chi connectivity index (χ0v) is 34.9. The fraction of sp³-hybridized carbons (Fsp3) is 0.510. The molecule has 4 heteroatoms. The van der Waals surface area contributed by atoms with E-state index in [4.69, 9.17) is 0 Å². The summed E-state index contributed by atoms with van der Waals surface area (Å²) in [7, 11) is 0. The fourth-order valence-electron chi connectivity index (χ4n) is 5.34. The molecule has 0 bridgehead atoms. The van der Waals surface area contributed by atoms with Gasteiger partial charge in [0.15, 0.2) is 0 Å². The molecule has 55 heavy (non-hydrogen) atoms. The molecule has 0 aromatic rings. The van der Waals surface area contributed by atoms with Gasteiger partial charge in [-0.2, -0.15) is 0 Å². The maximum absolute atomic E-state index is 12.2. The van der Waals surface area contributed by atoms with Gasteiger partial charge in [0.05, 0.1) is 18.8 Å². The Hall–Kier alpha value is -3.73. The molecule has 2 unspecified atom stereocenters. The quantitative estimate of drug-likeness (QED) is 0.0441. The number of hydrogen-bond donors (Lipinski definition) is 3. The number of allylic oxidation sites excluding steroid dienone is 24. The van der Waals surface area contributed by atoms with Gasteiger partial charge in [-0.1, -0.05) is 185 Å². The second kappa shape index (κ2) is 44.7. The Balaban J connectivity index is 3.72. The lowest BCUT2D eigenvalue weighted by Gasteiger charge is -2.22. The predicted molar refractivity (Wildman–Crippen MR) is 243 cm³/mol. The summed E-state index contributed by atoms with van der Waals surface area (Å²) >= 11 is 0. The van der Waals surface area contributed by atoms with Gasteiger partial charge in [-0.05, 0) is 103 Å². The Morgan fingerprint density at radius 3 is 1.13 bits per heavy atom. The summed E-state index contributed by atoms with van der Waals surface area (Å²) in [5.41, 5.74) is 0. The summed E-state index contributed by atoms with van der Waals surface area (Å²) in [4.78, 5) is 12.2. The number of carbonyl (C=O) groups is 1. The van der Waals surface area contributed by atoms with Crippen molar-refractivity contribution in [3.63, 3.8) is 0 Å². The van der Waals surface area contributed by atoms with Crippen LogP contribution in [0.15, 0.2) is 146 Å². The van der Waals surface area contributed by atoms with Gasteiger partial charge in [-0.3, -0.25) is 4.79 Å².